The minimum Gasteiger partial charge on any atom is -0.493 e. The lowest BCUT2D eigenvalue weighted by Gasteiger charge is -2.08. The number of aromatic nitrogens is 3. The maximum atomic E-state index is 12.8. The Labute approximate surface area is 199 Å². The first kappa shape index (κ1) is 21.7. The highest BCUT2D eigenvalue weighted by Gasteiger charge is 2.17. The molecule has 5 aromatic rings. The van der Waals surface area contributed by atoms with E-state index in [4.69, 9.17) is 31.0 Å². The van der Waals surface area contributed by atoms with Crippen LogP contribution in [0.1, 0.15) is 5.56 Å². The molecule has 0 saturated carbocycles. The third-order valence-corrected chi connectivity index (χ3v) is 5.66. The average Bonchev–Trinajstić information content (AvgIpc) is 3.14. The predicted molar refractivity (Wildman–Crippen MR) is 133 cm³/mol. The Balaban J connectivity index is 1.45. The van der Waals surface area contributed by atoms with Gasteiger partial charge in [-0.2, -0.15) is 5.10 Å². The van der Waals surface area contributed by atoms with Crippen LogP contribution in [0.2, 0.25) is 5.02 Å². The summed E-state index contributed by atoms with van der Waals surface area (Å²) in [5, 5.41) is 5.51. The molecule has 0 aliphatic heterocycles. The van der Waals surface area contributed by atoms with Crippen LogP contribution < -0.4 is 14.9 Å². The van der Waals surface area contributed by atoms with Crippen molar-refractivity contribution in [2.75, 3.05) is 14.2 Å². The number of ether oxygens (including phenoxy) is 2. The molecule has 1 amide bonds. The number of nitrogens with one attached hydrogen (secondary N) is 1. The fourth-order valence-electron chi connectivity index (χ4n) is 3.86. The van der Waals surface area contributed by atoms with Crippen molar-refractivity contribution >= 4 is 56.8 Å². The lowest BCUT2D eigenvalue weighted by molar-refractivity contribution is -0.121. The van der Waals surface area contributed by atoms with Crippen molar-refractivity contribution < 1.29 is 14.3 Å². The lowest BCUT2D eigenvalue weighted by Crippen LogP contribution is -2.23. The van der Waals surface area contributed by atoms with E-state index < -0.39 is 0 Å². The molecular weight excluding hydrogens is 454 g/mol. The first-order chi connectivity index (χ1) is 16.6. The SMILES string of the molecule is COc1ccc(/C=N/NC(=O)Cn2c3ccc(Cl)cc3c3nc4ccccc4nc32)cc1OC. The minimum atomic E-state index is -0.305. The molecule has 0 spiro atoms. The molecule has 0 atom stereocenters. The summed E-state index contributed by atoms with van der Waals surface area (Å²) in [5.74, 6) is 0.886. The molecule has 0 saturated heterocycles. The van der Waals surface area contributed by atoms with E-state index in [-0.39, 0.29) is 12.5 Å². The van der Waals surface area contributed by atoms with E-state index in [1.165, 1.54) is 0 Å². The number of methoxy groups -OCH3 is 2. The first-order valence-corrected chi connectivity index (χ1v) is 10.8. The van der Waals surface area contributed by atoms with E-state index in [2.05, 4.69) is 10.5 Å². The van der Waals surface area contributed by atoms with E-state index >= 15 is 0 Å². The Morgan fingerprint density at radius 1 is 1.03 bits per heavy atom. The molecule has 34 heavy (non-hydrogen) atoms. The Hall–Kier alpha value is -4.17. The van der Waals surface area contributed by atoms with Crippen molar-refractivity contribution in [3.8, 4) is 11.5 Å². The molecule has 2 heterocycles. The van der Waals surface area contributed by atoms with Crippen LogP contribution in [0, 0.1) is 0 Å². The van der Waals surface area contributed by atoms with Gasteiger partial charge in [-0.15, -0.1) is 0 Å². The molecule has 0 aliphatic rings. The van der Waals surface area contributed by atoms with E-state index in [9.17, 15) is 4.79 Å². The van der Waals surface area contributed by atoms with Gasteiger partial charge in [0.1, 0.15) is 12.1 Å². The number of fused-ring (bicyclic) bond motifs is 4. The summed E-state index contributed by atoms with van der Waals surface area (Å²) in [6.45, 7) is 0.0118. The van der Waals surface area contributed by atoms with E-state index in [0.717, 1.165) is 27.5 Å². The van der Waals surface area contributed by atoms with Gasteiger partial charge in [0, 0.05) is 10.4 Å². The highest BCUT2D eigenvalue weighted by atomic mass is 35.5. The van der Waals surface area contributed by atoms with Gasteiger partial charge in [-0.25, -0.2) is 15.4 Å². The van der Waals surface area contributed by atoms with Crippen molar-refractivity contribution in [3.05, 3.63) is 71.2 Å². The quantitative estimate of drug-likeness (QED) is 0.288. The zero-order valence-electron chi connectivity index (χ0n) is 18.4. The number of carbonyl (C=O) groups is 1. The second-order valence-electron chi connectivity index (χ2n) is 7.54. The van der Waals surface area contributed by atoms with Crippen LogP contribution in [0.4, 0.5) is 0 Å². The highest BCUT2D eigenvalue weighted by Crippen LogP contribution is 2.30. The molecule has 0 radical (unpaired) electrons. The van der Waals surface area contributed by atoms with Crippen molar-refractivity contribution in [1.82, 2.24) is 20.0 Å². The van der Waals surface area contributed by atoms with Crippen molar-refractivity contribution in [2.45, 2.75) is 6.54 Å². The average molecular weight is 474 g/mol. The summed E-state index contributed by atoms with van der Waals surface area (Å²) in [7, 11) is 3.13. The molecule has 170 valence electrons. The third-order valence-electron chi connectivity index (χ3n) is 5.42. The standard InChI is InChI=1S/C25H20ClN5O3/c1-33-21-10-7-15(11-22(21)34-2)13-27-30-23(32)14-31-20-9-8-16(26)12-17(20)24-25(31)29-19-6-4-3-5-18(19)28-24/h3-13H,14H2,1-2H3,(H,30,32)/b27-13+. The van der Waals surface area contributed by atoms with Gasteiger partial charge in [0.05, 0.1) is 37.0 Å². The number of rotatable bonds is 6. The maximum Gasteiger partial charge on any atom is 0.260 e. The van der Waals surface area contributed by atoms with Crippen LogP contribution in [0.3, 0.4) is 0 Å². The largest absolute Gasteiger partial charge is 0.493 e. The monoisotopic (exact) mass is 473 g/mol. The Bertz CT molecular complexity index is 1580. The summed E-state index contributed by atoms with van der Waals surface area (Å²) in [5.41, 5.74) is 6.96. The summed E-state index contributed by atoms with van der Waals surface area (Å²) in [4.78, 5) is 22.3. The van der Waals surface area contributed by atoms with Crippen LogP contribution >= 0.6 is 11.6 Å². The van der Waals surface area contributed by atoms with E-state index in [0.29, 0.717) is 27.7 Å². The Kier molecular flexibility index (Phi) is 5.73. The van der Waals surface area contributed by atoms with Gasteiger partial charge < -0.3 is 14.0 Å². The molecular formula is C25H20ClN5O3. The molecule has 0 aliphatic carbocycles. The number of amides is 1. The number of hydrogen-bond acceptors (Lipinski definition) is 6. The van der Waals surface area contributed by atoms with Gasteiger partial charge in [0.25, 0.3) is 5.91 Å². The molecule has 0 bridgehead atoms. The van der Waals surface area contributed by atoms with Crippen LogP contribution in [0.15, 0.2) is 65.8 Å². The number of benzene rings is 3. The Morgan fingerprint density at radius 2 is 1.79 bits per heavy atom. The summed E-state index contributed by atoms with van der Waals surface area (Å²) < 4.78 is 12.4. The number of halogens is 1. The topological polar surface area (TPSA) is 90.6 Å². The molecule has 9 heteroatoms. The molecule has 8 nitrogen and oxygen atoms in total. The van der Waals surface area contributed by atoms with E-state index in [1.807, 2.05) is 47.0 Å². The van der Waals surface area contributed by atoms with Gasteiger partial charge in [-0.1, -0.05) is 23.7 Å². The zero-order chi connectivity index (χ0) is 23.7. The van der Waals surface area contributed by atoms with Crippen molar-refractivity contribution in [2.24, 2.45) is 5.10 Å². The number of nitrogens with zero attached hydrogens (tertiary/aromatic N) is 4. The number of carbonyl (C=O) groups excluding carboxylic acids is 1. The second kappa shape index (κ2) is 8.99. The fraction of sp³-hybridized carbons (Fsp3) is 0.120. The molecule has 2 aromatic heterocycles. The van der Waals surface area contributed by atoms with Crippen LogP contribution in [0.5, 0.6) is 11.5 Å². The molecule has 3 aromatic carbocycles. The predicted octanol–water partition coefficient (Wildman–Crippen LogP) is 4.56. The number of hydrazone groups is 1. The van der Waals surface area contributed by atoms with Crippen molar-refractivity contribution in [1.29, 1.82) is 0 Å². The fourth-order valence-corrected chi connectivity index (χ4v) is 4.03. The van der Waals surface area contributed by atoms with Crippen LogP contribution in [0.25, 0.3) is 33.1 Å². The molecule has 0 fully saturated rings. The summed E-state index contributed by atoms with van der Waals surface area (Å²) in [6.07, 6.45) is 1.54. The van der Waals surface area contributed by atoms with Crippen LogP contribution in [-0.4, -0.2) is 40.9 Å². The Morgan fingerprint density at radius 3 is 2.56 bits per heavy atom. The second-order valence-corrected chi connectivity index (χ2v) is 7.98. The lowest BCUT2D eigenvalue weighted by atomic mass is 10.2. The van der Waals surface area contributed by atoms with E-state index in [1.54, 1.807) is 38.6 Å². The minimum absolute atomic E-state index is 0.0118. The highest BCUT2D eigenvalue weighted by molar-refractivity contribution is 6.31. The smallest absolute Gasteiger partial charge is 0.260 e. The zero-order valence-corrected chi connectivity index (χ0v) is 19.2. The summed E-state index contributed by atoms with van der Waals surface area (Å²) >= 11 is 6.25. The van der Waals surface area contributed by atoms with Gasteiger partial charge in [0.2, 0.25) is 0 Å². The summed E-state index contributed by atoms with van der Waals surface area (Å²) in [6, 6.07) is 18.5. The van der Waals surface area contributed by atoms with Crippen molar-refractivity contribution in [3.63, 3.8) is 0 Å². The van der Waals surface area contributed by atoms with Crippen LogP contribution in [-0.2, 0) is 11.3 Å². The number of para-hydroxylation sites is 2. The molecule has 1 N–H and O–H groups in total. The van der Waals surface area contributed by atoms with Gasteiger partial charge in [-0.05, 0) is 54.1 Å². The van der Waals surface area contributed by atoms with Gasteiger partial charge in [-0.3, -0.25) is 4.79 Å². The normalized spacial score (nSPS) is 11.5. The molecule has 5 rings (SSSR count). The first-order valence-electron chi connectivity index (χ1n) is 10.5. The molecule has 0 unspecified atom stereocenters. The third kappa shape index (κ3) is 3.99. The van der Waals surface area contributed by atoms with Gasteiger partial charge >= 0.3 is 0 Å². The maximum absolute atomic E-state index is 12.8. The number of hydrogen-bond donors (Lipinski definition) is 1. The van der Waals surface area contributed by atoms with Gasteiger partial charge in [0.15, 0.2) is 17.1 Å².